The third-order valence-electron chi connectivity index (χ3n) is 5.40. The highest BCUT2D eigenvalue weighted by Crippen LogP contribution is 2.37. The summed E-state index contributed by atoms with van der Waals surface area (Å²) in [6.45, 7) is 0. The van der Waals surface area contributed by atoms with Gasteiger partial charge in [0.1, 0.15) is 0 Å². The highest BCUT2D eigenvalue weighted by molar-refractivity contribution is 5.98. The summed E-state index contributed by atoms with van der Waals surface area (Å²) in [6, 6.07) is 27.5. The van der Waals surface area contributed by atoms with Gasteiger partial charge in [-0.05, 0) is 48.5 Å². The van der Waals surface area contributed by atoms with Crippen molar-refractivity contribution in [1.82, 2.24) is 13.8 Å². The van der Waals surface area contributed by atoms with Gasteiger partial charge in [0.2, 0.25) is 0 Å². The van der Waals surface area contributed by atoms with Gasteiger partial charge < -0.3 is 8.80 Å². The average Bonchev–Trinajstić information content (AvgIpc) is 3.37. The number of nitrogens with zero attached hydrogens (tertiary/aromatic N) is 3. The standard InChI is InChI=1S/C25H17N3/c1-2-8-22-18(7-1)17-21(19-11-15-27-13-5-3-9-23(19)27)25(26-22)20-12-16-28-14-6-4-10-24(20)28/h1-17H. The molecule has 0 N–H and O–H groups in total. The molecule has 6 aromatic rings. The number of hydrogen-bond donors (Lipinski definition) is 0. The van der Waals surface area contributed by atoms with Gasteiger partial charge in [-0.25, -0.2) is 4.98 Å². The van der Waals surface area contributed by atoms with Gasteiger partial charge in [0.15, 0.2) is 0 Å². The second kappa shape index (κ2) is 5.83. The second-order valence-electron chi connectivity index (χ2n) is 7.02. The summed E-state index contributed by atoms with van der Waals surface area (Å²) in [6.07, 6.45) is 8.37. The smallest absolute Gasteiger partial charge is 0.0810 e. The zero-order valence-electron chi connectivity index (χ0n) is 15.2. The highest BCUT2D eigenvalue weighted by Gasteiger charge is 2.16. The van der Waals surface area contributed by atoms with E-state index in [0.717, 1.165) is 33.2 Å². The molecule has 0 fully saturated rings. The maximum absolute atomic E-state index is 5.11. The Morgan fingerprint density at radius 2 is 1.18 bits per heavy atom. The van der Waals surface area contributed by atoms with E-state index in [1.54, 1.807) is 0 Å². The minimum Gasteiger partial charge on any atom is -0.323 e. The van der Waals surface area contributed by atoms with Crippen molar-refractivity contribution in [3.63, 3.8) is 0 Å². The molecule has 1 aromatic carbocycles. The van der Waals surface area contributed by atoms with Crippen LogP contribution in [-0.4, -0.2) is 13.8 Å². The Hall–Kier alpha value is -3.85. The fourth-order valence-corrected chi connectivity index (χ4v) is 4.06. The van der Waals surface area contributed by atoms with Crippen LogP contribution in [0.4, 0.5) is 0 Å². The molecular formula is C25H17N3. The van der Waals surface area contributed by atoms with Gasteiger partial charge in [0.25, 0.3) is 0 Å². The molecule has 0 bridgehead atoms. The van der Waals surface area contributed by atoms with E-state index in [9.17, 15) is 0 Å². The van der Waals surface area contributed by atoms with Crippen LogP contribution >= 0.6 is 0 Å². The van der Waals surface area contributed by atoms with Gasteiger partial charge in [0.05, 0.1) is 22.2 Å². The molecule has 28 heavy (non-hydrogen) atoms. The predicted molar refractivity (Wildman–Crippen MR) is 115 cm³/mol. The van der Waals surface area contributed by atoms with Crippen molar-refractivity contribution in [2.75, 3.05) is 0 Å². The molecule has 3 nitrogen and oxygen atoms in total. The topological polar surface area (TPSA) is 21.7 Å². The molecule has 0 saturated heterocycles. The first kappa shape index (κ1) is 15.2. The molecule has 0 aliphatic carbocycles. The second-order valence-corrected chi connectivity index (χ2v) is 7.02. The van der Waals surface area contributed by atoms with Crippen LogP contribution in [0.1, 0.15) is 0 Å². The van der Waals surface area contributed by atoms with Crippen LogP contribution in [0.15, 0.2) is 104 Å². The van der Waals surface area contributed by atoms with Crippen LogP contribution in [0.5, 0.6) is 0 Å². The molecule has 0 saturated carbocycles. The molecule has 0 spiro atoms. The quantitative estimate of drug-likeness (QED) is 0.367. The zero-order valence-corrected chi connectivity index (χ0v) is 15.2. The van der Waals surface area contributed by atoms with E-state index in [4.69, 9.17) is 4.98 Å². The van der Waals surface area contributed by atoms with Crippen molar-refractivity contribution < 1.29 is 0 Å². The SMILES string of the molecule is c1ccc2nc(-c3ccn4ccccc34)c(-c3ccn4ccccc34)cc2c1. The van der Waals surface area contributed by atoms with Crippen LogP contribution in [0.3, 0.4) is 0 Å². The van der Waals surface area contributed by atoms with E-state index in [1.807, 2.05) is 12.1 Å². The van der Waals surface area contributed by atoms with Crippen LogP contribution in [-0.2, 0) is 0 Å². The minimum atomic E-state index is 1.01. The number of pyridine rings is 3. The first-order valence-electron chi connectivity index (χ1n) is 9.40. The van der Waals surface area contributed by atoms with E-state index in [2.05, 4.69) is 100 Å². The summed E-state index contributed by atoms with van der Waals surface area (Å²) in [7, 11) is 0. The normalized spacial score (nSPS) is 11.6. The Labute approximate surface area is 162 Å². The highest BCUT2D eigenvalue weighted by atomic mass is 14.9. The number of aromatic nitrogens is 3. The number of para-hydroxylation sites is 1. The molecule has 0 unspecified atom stereocenters. The Balaban J connectivity index is 1.73. The lowest BCUT2D eigenvalue weighted by Gasteiger charge is -2.11. The number of fused-ring (bicyclic) bond motifs is 3. The summed E-state index contributed by atoms with van der Waals surface area (Å²) in [5.41, 5.74) is 7.88. The van der Waals surface area contributed by atoms with Crippen LogP contribution < -0.4 is 0 Å². The number of benzene rings is 1. The van der Waals surface area contributed by atoms with E-state index < -0.39 is 0 Å². The van der Waals surface area contributed by atoms with E-state index in [0.29, 0.717) is 0 Å². The number of hydrogen-bond acceptors (Lipinski definition) is 1. The molecule has 0 aliphatic rings. The largest absolute Gasteiger partial charge is 0.323 e. The van der Waals surface area contributed by atoms with Gasteiger partial charge >= 0.3 is 0 Å². The Morgan fingerprint density at radius 1 is 0.536 bits per heavy atom. The molecule has 0 amide bonds. The predicted octanol–water partition coefficient (Wildman–Crippen LogP) is 6.07. The zero-order chi connectivity index (χ0) is 18.5. The summed E-state index contributed by atoms with van der Waals surface area (Å²) in [5.74, 6) is 0. The van der Waals surface area contributed by atoms with E-state index in [1.165, 1.54) is 11.1 Å². The molecule has 6 rings (SSSR count). The van der Waals surface area contributed by atoms with Crippen LogP contribution in [0.2, 0.25) is 0 Å². The first-order chi connectivity index (χ1) is 13.9. The van der Waals surface area contributed by atoms with Gasteiger partial charge in [-0.2, -0.15) is 0 Å². The Morgan fingerprint density at radius 3 is 1.96 bits per heavy atom. The third-order valence-corrected chi connectivity index (χ3v) is 5.40. The molecule has 5 heterocycles. The molecule has 0 radical (unpaired) electrons. The molecule has 0 atom stereocenters. The molecule has 0 aliphatic heterocycles. The van der Waals surface area contributed by atoms with Crippen LogP contribution in [0.25, 0.3) is 44.3 Å². The first-order valence-corrected chi connectivity index (χ1v) is 9.40. The van der Waals surface area contributed by atoms with Gasteiger partial charge in [-0.15, -0.1) is 0 Å². The van der Waals surface area contributed by atoms with Crippen molar-refractivity contribution >= 4 is 21.9 Å². The molecule has 3 heteroatoms. The van der Waals surface area contributed by atoms with Gasteiger partial charge in [-0.1, -0.05) is 30.3 Å². The van der Waals surface area contributed by atoms with Crippen molar-refractivity contribution in [3.05, 3.63) is 104 Å². The summed E-state index contributed by atoms with van der Waals surface area (Å²) < 4.78 is 4.31. The maximum Gasteiger partial charge on any atom is 0.0810 e. The van der Waals surface area contributed by atoms with Gasteiger partial charge in [-0.3, -0.25) is 0 Å². The summed E-state index contributed by atoms with van der Waals surface area (Å²) in [5, 5.41) is 1.15. The Bertz CT molecular complexity index is 1360. The third kappa shape index (κ3) is 2.20. The minimum absolute atomic E-state index is 1.01. The average molecular weight is 359 g/mol. The monoisotopic (exact) mass is 359 g/mol. The van der Waals surface area contributed by atoms with Crippen molar-refractivity contribution in [2.24, 2.45) is 0 Å². The molecule has 5 aromatic heterocycles. The van der Waals surface area contributed by atoms with Crippen molar-refractivity contribution in [3.8, 4) is 22.4 Å². The number of rotatable bonds is 2. The summed E-state index contributed by atoms with van der Waals surface area (Å²) in [4.78, 5) is 5.11. The Kier molecular flexibility index (Phi) is 3.17. The lowest BCUT2D eigenvalue weighted by Crippen LogP contribution is -1.92. The van der Waals surface area contributed by atoms with E-state index in [-0.39, 0.29) is 0 Å². The molecular weight excluding hydrogens is 342 g/mol. The maximum atomic E-state index is 5.11. The lowest BCUT2D eigenvalue weighted by atomic mass is 9.98. The van der Waals surface area contributed by atoms with Crippen LogP contribution in [0, 0.1) is 0 Å². The van der Waals surface area contributed by atoms with Gasteiger partial charge in [0, 0.05) is 46.9 Å². The van der Waals surface area contributed by atoms with Crippen molar-refractivity contribution in [2.45, 2.75) is 0 Å². The summed E-state index contributed by atoms with van der Waals surface area (Å²) >= 11 is 0. The fourth-order valence-electron chi connectivity index (χ4n) is 4.06. The molecule has 132 valence electrons. The lowest BCUT2D eigenvalue weighted by molar-refractivity contribution is 1.20. The van der Waals surface area contributed by atoms with Crippen molar-refractivity contribution in [1.29, 1.82) is 0 Å². The fraction of sp³-hybridized carbons (Fsp3) is 0. The van der Waals surface area contributed by atoms with E-state index >= 15 is 0 Å².